The molecule has 1 aromatic heterocycles. The van der Waals surface area contributed by atoms with Crippen LogP contribution < -0.4 is 10.2 Å². The normalized spacial score (nSPS) is 14.6. The fraction of sp³-hybridized carbons (Fsp3) is 0.333. The van der Waals surface area contributed by atoms with Gasteiger partial charge in [-0.1, -0.05) is 29.5 Å². The molecular weight excluding hydrogens is 356 g/mol. The van der Waals surface area contributed by atoms with Gasteiger partial charge in [0, 0.05) is 31.9 Å². The highest BCUT2D eigenvalue weighted by Crippen LogP contribution is 2.32. The molecular formula is C21H24N4OS. The number of thiazole rings is 1. The Morgan fingerprint density at radius 2 is 1.85 bits per heavy atom. The summed E-state index contributed by atoms with van der Waals surface area (Å²) in [4.78, 5) is 21.6. The number of hydrogen-bond donors (Lipinski definition) is 1. The number of carbonyl (C=O) groups excluding carboxylic acids is 1. The Hall–Kier alpha value is -2.60. The predicted molar refractivity (Wildman–Crippen MR) is 113 cm³/mol. The average Bonchev–Trinajstić information content (AvgIpc) is 3.10. The number of amides is 2. The van der Waals surface area contributed by atoms with Gasteiger partial charge in [-0.2, -0.15) is 0 Å². The molecule has 1 fully saturated rings. The van der Waals surface area contributed by atoms with Gasteiger partial charge in [0.25, 0.3) is 0 Å². The van der Waals surface area contributed by atoms with Crippen LogP contribution in [0, 0.1) is 20.8 Å². The molecule has 1 saturated heterocycles. The van der Waals surface area contributed by atoms with Crippen molar-refractivity contribution < 1.29 is 4.79 Å². The van der Waals surface area contributed by atoms with Gasteiger partial charge in [-0.05, 0) is 55.7 Å². The Balaban J connectivity index is 1.41. The summed E-state index contributed by atoms with van der Waals surface area (Å²) in [5.74, 6) is 0. The molecule has 140 valence electrons. The molecule has 0 bridgehead atoms. The SMILES string of the molecule is Cc1cccc(NC(=O)N2CCN(c3nc4c(C)c(C)ccc4s3)CC2)c1. The van der Waals surface area contributed by atoms with E-state index in [2.05, 4.69) is 36.2 Å². The molecule has 4 rings (SSSR count). The van der Waals surface area contributed by atoms with Crippen LogP contribution in [0.3, 0.4) is 0 Å². The number of carbonyl (C=O) groups is 1. The highest BCUT2D eigenvalue weighted by atomic mass is 32.1. The number of fused-ring (bicyclic) bond motifs is 1. The van der Waals surface area contributed by atoms with E-state index in [1.807, 2.05) is 36.1 Å². The lowest BCUT2D eigenvalue weighted by Crippen LogP contribution is -2.50. The minimum absolute atomic E-state index is 0.0315. The third-order valence-corrected chi connectivity index (χ3v) is 6.26. The van der Waals surface area contributed by atoms with E-state index in [1.54, 1.807) is 11.3 Å². The maximum Gasteiger partial charge on any atom is 0.321 e. The predicted octanol–water partition coefficient (Wildman–Crippen LogP) is 4.58. The maximum absolute atomic E-state index is 12.5. The Bertz CT molecular complexity index is 989. The quantitative estimate of drug-likeness (QED) is 0.708. The first kappa shape index (κ1) is 17.8. The van der Waals surface area contributed by atoms with Crippen LogP contribution in [0.25, 0.3) is 10.2 Å². The summed E-state index contributed by atoms with van der Waals surface area (Å²) in [7, 11) is 0. The molecule has 0 saturated carbocycles. The second kappa shape index (κ2) is 7.19. The lowest BCUT2D eigenvalue weighted by atomic mass is 10.1. The minimum atomic E-state index is -0.0315. The fourth-order valence-electron chi connectivity index (χ4n) is 3.38. The molecule has 0 atom stereocenters. The van der Waals surface area contributed by atoms with Crippen molar-refractivity contribution in [3.05, 3.63) is 53.1 Å². The van der Waals surface area contributed by atoms with Crippen molar-refractivity contribution >= 4 is 38.4 Å². The summed E-state index contributed by atoms with van der Waals surface area (Å²) in [6.07, 6.45) is 0. The molecule has 0 unspecified atom stereocenters. The van der Waals surface area contributed by atoms with Crippen LogP contribution in [0.1, 0.15) is 16.7 Å². The van der Waals surface area contributed by atoms with Crippen LogP contribution in [0.15, 0.2) is 36.4 Å². The van der Waals surface area contributed by atoms with Crippen molar-refractivity contribution in [1.82, 2.24) is 9.88 Å². The molecule has 2 heterocycles. The number of anilines is 2. The summed E-state index contributed by atoms with van der Waals surface area (Å²) in [5.41, 5.74) is 5.62. The smallest absolute Gasteiger partial charge is 0.321 e. The third-order valence-electron chi connectivity index (χ3n) is 5.18. The summed E-state index contributed by atoms with van der Waals surface area (Å²) in [6.45, 7) is 9.29. The molecule has 2 amide bonds. The minimum Gasteiger partial charge on any atom is -0.345 e. The Morgan fingerprint density at radius 3 is 2.59 bits per heavy atom. The summed E-state index contributed by atoms with van der Waals surface area (Å²) >= 11 is 1.74. The second-order valence-corrected chi connectivity index (χ2v) is 8.13. The zero-order valence-corrected chi connectivity index (χ0v) is 16.8. The first-order chi connectivity index (χ1) is 13.0. The first-order valence-electron chi connectivity index (χ1n) is 9.25. The van der Waals surface area contributed by atoms with E-state index < -0.39 is 0 Å². The van der Waals surface area contributed by atoms with E-state index in [1.165, 1.54) is 15.8 Å². The van der Waals surface area contributed by atoms with E-state index in [9.17, 15) is 4.79 Å². The van der Waals surface area contributed by atoms with Gasteiger partial charge in [0.15, 0.2) is 5.13 Å². The third kappa shape index (κ3) is 3.62. The summed E-state index contributed by atoms with van der Waals surface area (Å²) in [5, 5.41) is 4.05. The zero-order valence-electron chi connectivity index (χ0n) is 16.0. The van der Waals surface area contributed by atoms with Gasteiger partial charge in [0.2, 0.25) is 0 Å². The van der Waals surface area contributed by atoms with Gasteiger partial charge in [0.05, 0.1) is 10.2 Å². The number of rotatable bonds is 2. The molecule has 1 aliphatic heterocycles. The molecule has 27 heavy (non-hydrogen) atoms. The number of nitrogens with zero attached hydrogens (tertiary/aromatic N) is 3. The Labute approximate surface area is 163 Å². The highest BCUT2D eigenvalue weighted by Gasteiger charge is 2.23. The molecule has 5 nitrogen and oxygen atoms in total. The number of aryl methyl sites for hydroxylation is 3. The second-order valence-electron chi connectivity index (χ2n) is 7.12. The average molecular weight is 381 g/mol. The Morgan fingerprint density at radius 1 is 1.07 bits per heavy atom. The van der Waals surface area contributed by atoms with Crippen LogP contribution in [-0.4, -0.2) is 42.1 Å². The molecule has 6 heteroatoms. The molecule has 2 aromatic carbocycles. The van der Waals surface area contributed by atoms with Crippen LogP contribution in [-0.2, 0) is 0 Å². The topological polar surface area (TPSA) is 48.5 Å². The summed E-state index contributed by atoms with van der Waals surface area (Å²) < 4.78 is 1.23. The van der Waals surface area contributed by atoms with Crippen LogP contribution in [0.2, 0.25) is 0 Å². The van der Waals surface area contributed by atoms with E-state index in [-0.39, 0.29) is 6.03 Å². The monoisotopic (exact) mass is 380 g/mol. The molecule has 0 aliphatic carbocycles. The van der Waals surface area contributed by atoms with Gasteiger partial charge in [0.1, 0.15) is 0 Å². The maximum atomic E-state index is 12.5. The standard InChI is InChI=1S/C21H24N4OS/c1-14-5-4-6-17(13-14)22-20(26)24-9-11-25(12-10-24)21-23-19-16(3)15(2)7-8-18(19)27-21/h4-8,13H,9-12H2,1-3H3,(H,22,26). The van der Waals surface area contributed by atoms with Crippen LogP contribution >= 0.6 is 11.3 Å². The van der Waals surface area contributed by atoms with E-state index in [0.717, 1.165) is 35.0 Å². The van der Waals surface area contributed by atoms with E-state index in [4.69, 9.17) is 4.98 Å². The number of hydrogen-bond acceptors (Lipinski definition) is 4. The van der Waals surface area contributed by atoms with Gasteiger partial charge in [-0.25, -0.2) is 9.78 Å². The molecule has 0 radical (unpaired) electrons. The molecule has 3 aromatic rings. The van der Waals surface area contributed by atoms with Crippen molar-refractivity contribution in [2.24, 2.45) is 0 Å². The van der Waals surface area contributed by atoms with Gasteiger partial charge >= 0.3 is 6.03 Å². The number of aromatic nitrogens is 1. The largest absolute Gasteiger partial charge is 0.345 e. The van der Waals surface area contributed by atoms with Crippen LogP contribution in [0.5, 0.6) is 0 Å². The summed E-state index contributed by atoms with van der Waals surface area (Å²) in [6, 6.07) is 12.2. The van der Waals surface area contributed by atoms with Gasteiger partial charge in [-0.15, -0.1) is 0 Å². The number of benzene rings is 2. The zero-order chi connectivity index (χ0) is 19.0. The van der Waals surface area contributed by atoms with Gasteiger partial charge in [-0.3, -0.25) is 0 Å². The number of urea groups is 1. The van der Waals surface area contributed by atoms with E-state index in [0.29, 0.717) is 13.1 Å². The van der Waals surface area contributed by atoms with Crippen molar-refractivity contribution in [3.8, 4) is 0 Å². The van der Waals surface area contributed by atoms with Crippen molar-refractivity contribution in [2.45, 2.75) is 20.8 Å². The fourth-order valence-corrected chi connectivity index (χ4v) is 4.45. The molecule has 1 aliphatic rings. The lowest BCUT2D eigenvalue weighted by molar-refractivity contribution is 0.208. The number of nitrogens with one attached hydrogen (secondary N) is 1. The van der Waals surface area contributed by atoms with E-state index >= 15 is 0 Å². The van der Waals surface area contributed by atoms with Crippen molar-refractivity contribution in [1.29, 1.82) is 0 Å². The van der Waals surface area contributed by atoms with Gasteiger partial charge < -0.3 is 15.1 Å². The number of piperazine rings is 1. The highest BCUT2D eigenvalue weighted by molar-refractivity contribution is 7.22. The van der Waals surface area contributed by atoms with Crippen molar-refractivity contribution in [3.63, 3.8) is 0 Å². The van der Waals surface area contributed by atoms with Crippen molar-refractivity contribution in [2.75, 3.05) is 36.4 Å². The van der Waals surface area contributed by atoms with Crippen LogP contribution in [0.4, 0.5) is 15.6 Å². The lowest BCUT2D eigenvalue weighted by Gasteiger charge is -2.34. The Kier molecular flexibility index (Phi) is 4.74. The molecule has 1 N–H and O–H groups in total. The molecule has 0 spiro atoms. The first-order valence-corrected chi connectivity index (χ1v) is 10.1.